The Labute approximate surface area is 111 Å². The van der Waals surface area contributed by atoms with Gasteiger partial charge in [-0.3, -0.25) is 9.36 Å². The molecule has 18 heavy (non-hydrogen) atoms. The Hall–Kier alpha value is -0.180. The molecule has 0 fully saturated rings. The minimum absolute atomic E-state index is 0.149. The second kappa shape index (κ2) is 9.71. The number of rotatable bonds is 11. The summed E-state index contributed by atoms with van der Waals surface area (Å²) in [6, 6.07) is 0. The molecule has 0 bridgehead atoms. The van der Waals surface area contributed by atoms with E-state index in [9.17, 15) is 14.3 Å². The highest BCUT2D eigenvalue weighted by Gasteiger charge is 2.31. The quantitative estimate of drug-likeness (QED) is 0.453. The number of unbranched alkanes of at least 4 members (excludes halogenated alkanes) is 5. The molecule has 0 aromatic rings. The number of carbonyl (C=O) groups excluding carboxylic acids is 1. The lowest BCUT2D eigenvalue weighted by atomic mass is 10.1. The van der Waals surface area contributed by atoms with Gasteiger partial charge in [-0.15, -0.1) is 0 Å². The summed E-state index contributed by atoms with van der Waals surface area (Å²) in [6.07, 6.45) is 6.69. The maximum atomic E-state index is 11.6. The van der Waals surface area contributed by atoms with Crippen molar-refractivity contribution >= 4 is 13.1 Å². The first-order valence-electron chi connectivity index (χ1n) is 6.98. The molecule has 0 aromatic heterocycles. The van der Waals surface area contributed by atoms with Crippen molar-refractivity contribution in [2.75, 3.05) is 0 Å². The molecule has 0 aliphatic carbocycles. The Bertz CT molecular complexity index is 278. The van der Waals surface area contributed by atoms with Crippen molar-refractivity contribution in [1.82, 2.24) is 0 Å². The predicted octanol–water partition coefficient (Wildman–Crippen LogP) is 4.26. The Morgan fingerprint density at radius 2 is 1.72 bits per heavy atom. The molecule has 0 aromatic carbocycles. The molecule has 2 unspecified atom stereocenters. The highest BCUT2D eigenvalue weighted by atomic mass is 31.2. The van der Waals surface area contributed by atoms with E-state index in [4.69, 9.17) is 4.52 Å². The van der Waals surface area contributed by atoms with E-state index in [-0.39, 0.29) is 12.5 Å². The van der Waals surface area contributed by atoms with Gasteiger partial charge in [0.25, 0.3) is 0 Å². The van der Waals surface area contributed by atoms with Gasteiger partial charge in [-0.05, 0) is 19.8 Å². The van der Waals surface area contributed by atoms with Crippen LogP contribution in [0.15, 0.2) is 0 Å². The van der Waals surface area contributed by atoms with Crippen LogP contribution in [0, 0.1) is 0 Å². The lowest BCUT2D eigenvalue weighted by Gasteiger charge is -2.15. The maximum Gasteiger partial charge on any atom is 0.394 e. The van der Waals surface area contributed by atoms with E-state index >= 15 is 0 Å². The summed E-state index contributed by atoms with van der Waals surface area (Å²) in [5.74, 6) is 0. The average Bonchev–Trinajstić information content (AvgIpc) is 2.32. The second-order valence-corrected chi connectivity index (χ2v) is 6.51. The minimum atomic E-state index is -4.06. The maximum absolute atomic E-state index is 11.6. The van der Waals surface area contributed by atoms with Crippen molar-refractivity contribution in [3.05, 3.63) is 0 Å². The largest absolute Gasteiger partial charge is 0.394 e. The molecule has 4 nitrogen and oxygen atoms in total. The van der Waals surface area contributed by atoms with Crippen molar-refractivity contribution in [1.29, 1.82) is 0 Å². The topological polar surface area (TPSA) is 63.6 Å². The van der Waals surface area contributed by atoms with Crippen LogP contribution >= 0.6 is 7.60 Å². The highest BCUT2D eigenvalue weighted by molar-refractivity contribution is 7.70. The molecule has 0 aliphatic heterocycles. The Balaban J connectivity index is 3.83. The van der Waals surface area contributed by atoms with Crippen LogP contribution in [0.1, 0.15) is 72.1 Å². The summed E-state index contributed by atoms with van der Waals surface area (Å²) in [5.41, 5.74) is -0.640. The molecular formula is C13H27O4P. The van der Waals surface area contributed by atoms with Gasteiger partial charge in [-0.2, -0.15) is 0 Å². The van der Waals surface area contributed by atoms with E-state index in [0.29, 0.717) is 12.8 Å². The summed E-state index contributed by atoms with van der Waals surface area (Å²) in [7, 11) is -4.06. The van der Waals surface area contributed by atoms with Gasteiger partial charge in [-0.25, -0.2) is 0 Å². The van der Waals surface area contributed by atoms with Crippen LogP contribution in [0.5, 0.6) is 0 Å². The highest BCUT2D eigenvalue weighted by Crippen LogP contribution is 2.46. The van der Waals surface area contributed by atoms with E-state index in [1.165, 1.54) is 19.3 Å². The molecule has 5 heteroatoms. The molecule has 0 heterocycles. The van der Waals surface area contributed by atoms with Crippen molar-refractivity contribution < 1.29 is 18.8 Å². The van der Waals surface area contributed by atoms with Crippen molar-refractivity contribution in [2.24, 2.45) is 0 Å². The van der Waals surface area contributed by atoms with E-state index < -0.39 is 13.1 Å². The van der Waals surface area contributed by atoms with Gasteiger partial charge in [0.15, 0.2) is 0 Å². The zero-order valence-electron chi connectivity index (χ0n) is 11.9. The van der Waals surface area contributed by atoms with Crippen LogP contribution < -0.4 is 0 Å². The lowest BCUT2D eigenvalue weighted by Crippen LogP contribution is -2.10. The van der Waals surface area contributed by atoms with Gasteiger partial charge in [0.2, 0.25) is 5.52 Å². The van der Waals surface area contributed by atoms with Gasteiger partial charge in [0.1, 0.15) is 0 Å². The Kier molecular flexibility index (Phi) is 9.61. The average molecular weight is 278 g/mol. The zero-order valence-corrected chi connectivity index (χ0v) is 12.7. The fourth-order valence-corrected chi connectivity index (χ4v) is 2.77. The molecule has 0 spiro atoms. The molecule has 0 saturated heterocycles. The molecule has 0 aliphatic rings. The first-order chi connectivity index (χ1) is 8.44. The van der Waals surface area contributed by atoms with E-state index in [0.717, 1.165) is 12.8 Å². The smallest absolute Gasteiger partial charge is 0.319 e. The Morgan fingerprint density at radius 1 is 1.17 bits per heavy atom. The minimum Gasteiger partial charge on any atom is -0.319 e. The lowest BCUT2D eigenvalue weighted by molar-refractivity contribution is -0.114. The molecule has 108 valence electrons. The van der Waals surface area contributed by atoms with E-state index in [1.807, 2.05) is 6.92 Å². The number of hydrogen-bond donors (Lipinski definition) is 1. The third kappa shape index (κ3) is 8.02. The molecule has 0 saturated carbocycles. The third-order valence-electron chi connectivity index (χ3n) is 2.96. The first-order valence-corrected chi connectivity index (χ1v) is 8.56. The van der Waals surface area contributed by atoms with Crippen LogP contribution in [-0.4, -0.2) is 16.5 Å². The standard InChI is InChI=1S/C13H27O4P/c1-4-6-7-8-9-10-11-13(14)18(15,16)17-12(3)5-2/h12H,4-11H2,1-3H3,(H,15,16). The van der Waals surface area contributed by atoms with Crippen molar-refractivity contribution in [3.8, 4) is 0 Å². The van der Waals surface area contributed by atoms with Gasteiger partial charge in [-0.1, -0.05) is 46.0 Å². The van der Waals surface area contributed by atoms with Crippen LogP contribution in [0.2, 0.25) is 0 Å². The predicted molar refractivity (Wildman–Crippen MR) is 73.7 cm³/mol. The zero-order chi connectivity index (χ0) is 14.0. The molecule has 0 amide bonds. The van der Waals surface area contributed by atoms with Crippen LogP contribution in [0.4, 0.5) is 0 Å². The Morgan fingerprint density at radius 3 is 2.28 bits per heavy atom. The van der Waals surface area contributed by atoms with Crippen molar-refractivity contribution in [2.45, 2.75) is 78.2 Å². The molecule has 1 N–H and O–H groups in total. The van der Waals surface area contributed by atoms with Crippen LogP contribution in [0.25, 0.3) is 0 Å². The fourth-order valence-electron chi connectivity index (χ4n) is 1.58. The summed E-state index contributed by atoms with van der Waals surface area (Å²) in [6.45, 7) is 5.70. The van der Waals surface area contributed by atoms with E-state index in [1.54, 1.807) is 6.92 Å². The van der Waals surface area contributed by atoms with E-state index in [2.05, 4.69) is 6.92 Å². The summed E-state index contributed by atoms with van der Waals surface area (Å²) in [4.78, 5) is 21.1. The molecule has 2 atom stereocenters. The van der Waals surface area contributed by atoms with Crippen molar-refractivity contribution in [3.63, 3.8) is 0 Å². The fraction of sp³-hybridized carbons (Fsp3) is 0.923. The summed E-state index contributed by atoms with van der Waals surface area (Å²) in [5, 5.41) is 0. The van der Waals surface area contributed by atoms with Gasteiger partial charge >= 0.3 is 7.60 Å². The third-order valence-corrected chi connectivity index (χ3v) is 4.46. The van der Waals surface area contributed by atoms with Crippen LogP contribution in [0.3, 0.4) is 0 Å². The SMILES string of the molecule is CCCCCCCCC(=O)P(=O)(O)OC(C)CC. The summed E-state index contributed by atoms with van der Waals surface area (Å²) >= 11 is 0. The summed E-state index contributed by atoms with van der Waals surface area (Å²) < 4.78 is 16.5. The number of carbonyl (C=O) groups is 1. The normalized spacial score (nSPS) is 16.2. The van der Waals surface area contributed by atoms with Gasteiger partial charge < -0.3 is 9.42 Å². The monoisotopic (exact) mass is 278 g/mol. The van der Waals surface area contributed by atoms with Crippen LogP contribution in [-0.2, 0) is 13.9 Å². The molecule has 0 radical (unpaired) electrons. The van der Waals surface area contributed by atoms with Gasteiger partial charge in [0.05, 0.1) is 6.10 Å². The number of hydrogen-bond acceptors (Lipinski definition) is 3. The molecular weight excluding hydrogens is 251 g/mol. The second-order valence-electron chi connectivity index (χ2n) is 4.76. The first kappa shape index (κ1) is 17.8. The molecule has 0 rings (SSSR count). The van der Waals surface area contributed by atoms with Gasteiger partial charge in [0, 0.05) is 6.42 Å².